The molecule has 1 atom stereocenters. The highest BCUT2D eigenvalue weighted by Crippen LogP contribution is 2.30. The van der Waals surface area contributed by atoms with E-state index in [2.05, 4.69) is 10.1 Å². The van der Waals surface area contributed by atoms with E-state index < -0.39 is 0 Å². The van der Waals surface area contributed by atoms with Crippen LogP contribution in [0.3, 0.4) is 0 Å². The number of carbonyl (C=O) groups excluding carboxylic acids is 1. The van der Waals surface area contributed by atoms with E-state index in [0.717, 1.165) is 46.8 Å². The van der Waals surface area contributed by atoms with Crippen molar-refractivity contribution in [2.24, 2.45) is 11.5 Å². The van der Waals surface area contributed by atoms with E-state index in [0.29, 0.717) is 23.0 Å². The van der Waals surface area contributed by atoms with Crippen LogP contribution in [-0.4, -0.2) is 39.6 Å². The van der Waals surface area contributed by atoms with Crippen LogP contribution >= 0.6 is 0 Å². The van der Waals surface area contributed by atoms with E-state index in [4.69, 9.17) is 20.7 Å². The predicted octanol–water partition coefficient (Wildman–Crippen LogP) is 1.94. The first-order valence-electron chi connectivity index (χ1n) is 12.9. The molecule has 4 N–H and O–H groups in total. The van der Waals surface area contributed by atoms with Gasteiger partial charge < -0.3 is 21.7 Å². The molecule has 1 saturated heterocycles. The number of carbonyl (C=O) groups is 1. The topological polar surface area (TPSA) is 120 Å². The van der Waals surface area contributed by atoms with Crippen LogP contribution < -0.4 is 28.6 Å². The molecule has 40 heavy (non-hydrogen) atoms. The minimum atomic E-state index is -0.0964. The number of Topliss-reactive ketones (excluding diaryl/α,β-unsaturated/α-hetero) is 1. The van der Waals surface area contributed by atoms with Crippen LogP contribution in [0.1, 0.15) is 35.1 Å². The summed E-state index contributed by atoms with van der Waals surface area (Å²) < 4.78 is 13.3. The summed E-state index contributed by atoms with van der Waals surface area (Å²) in [6.45, 7) is 0.736. The molecule has 8 nitrogen and oxygen atoms in total. The average Bonchev–Trinajstić information content (AvgIpc) is 3.66. The largest absolute Gasteiger partial charge is 1.00 e. The van der Waals surface area contributed by atoms with Gasteiger partial charge in [0.25, 0.3) is 5.89 Å². The standard InChI is InChI=1S/C31H27N5O3.ClH/c32-31(33)36-16-4-7-27(36)30-34-29(35-39-30)25-13-12-24-18-26(15-14-23(24)17-25)38-19-28(37)22-10-8-21(9-11-22)20-5-2-1-3-6-20;/h1-3,5-6,8-15,17-18,27H,4,7,16,19H2,(H3,32,33);1H/t27-;/m0./s1. The summed E-state index contributed by atoms with van der Waals surface area (Å²) in [5, 5.41) is 6.16. The number of nitrogens with zero attached hydrogens (tertiary/aromatic N) is 3. The van der Waals surface area contributed by atoms with E-state index in [1.807, 2.05) is 95.6 Å². The average molecular weight is 554 g/mol. The fourth-order valence-electron chi connectivity index (χ4n) is 4.98. The number of rotatable bonds is 7. The number of ketones is 1. The Morgan fingerprint density at radius 2 is 1.60 bits per heavy atom. The molecule has 0 aliphatic carbocycles. The monoisotopic (exact) mass is 553 g/mol. The van der Waals surface area contributed by atoms with E-state index >= 15 is 0 Å². The van der Waals surface area contributed by atoms with Gasteiger partial charge >= 0.3 is 5.96 Å². The summed E-state index contributed by atoms with van der Waals surface area (Å²) >= 11 is 0. The molecule has 2 heterocycles. The van der Waals surface area contributed by atoms with Crippen molar-refractivity contribution in [2.45, 2.75) is 18.9 Å². The number of guanidine groups is 1. The molecular weight excluding hydrogens is 526 g/mol. The van der Waals surface area contributed by atoms with Gasteiger partial charge in [0.15, 0.2) is 18.4 Å². The van der Waals surface area contributed by atoms with Gasteiger partial charge in [0.05, 0.1) is 6.54 Å². The van der Waals surface area contributed by atoms with Gasteiger partial charge in [-0.15, -0.1) is 0 Å². The lowest BCUT2D eigenvalue weighted by atomic mass is 10.0. The highest BCUT2D eigenvalue weighted by atomic mass is 35.5. The third-order valence-electron chi connectivity index (χ3n) is 7.07. The fourth-order valence-corrected chi connectivity index (χ4v) is 4.98. The number of hydrogen-bond acceptors (Lipinski definition) is 5. The van der Waals surface area contributed by atoms with E-state index in [-0.39, 0.29) is 36.8 Å². The molecule has 0 spiro atoms. The highest BCUT2D eigenvalue weighted by molar-refractivity contribution is 5.97. The lowest BCUT2D eigenvalue weighted by Crippen LogP contribution is -3.00. The van der Waals surface area contributed by atoms with E-state index in [1.54, 1.807) is 0 Å². The smallest absolute Gasteiger partial charge is 0.341 e. The van der Waals surface area contributed by atoms with Gasteiger partial charge in [-0.2, -0.15) is 4.98 Å². The Hall–Kier alpha value is -4.69. The van der Waals surface area contributed by atoms with Crippen molar-refractivity contribution in [3.8, 4) is 28.3 Å². The summed E-state index contributed by atoms with van der Waals surface area (Å²) in [4.78, 5) is 17.3. The summed E-state index contributed by atoms with van der Waals surface area (Å²) in [5.74, 6) is 1.84. The lowest BCUT2D eigenvalue weighted by Gasteiger charge is -2.08. The van der Waals surface area contributed by atoms with Gasteiger partial charge in [-0.1, -0.05) is 78.0 Å². The number of fused-ring (bicyclic) bond motifs is 1. The van der Waals surface area contributed by atoms with Gasteiger partial charge in [0.1, 0.15) is 5.75 Å². The molecule has 0 bridgehead atoms. The first-order chi connectivity index (χ1) is 19.0. The number of hydrogen-bond donors (Lipinski definition) is 2. The Morgan fingerprint density at radius 3 is 2.38 bits per heavy atom. The van der Waals surface area contributed by atoms with Gasteiger partial charge in [-0.25, -0.2) is 0 Å². The molecule has 202 valence electrons. The van der Waals surface area contributed by atoms with Crippen LogP contribution in [0.15, 0.2) is 95.5 Å². The molecule has 6 rings (SSSR count). The van der Waals surface area contributed by atoms with Crippen LogP contribution in [-0.2, 0) is 0 Å². The van der Waals surface area contributed by atoms with Crippen LogP contribution in [0.2, 0.25) is 0 Å². The molecule has 0 radical (unpaired) electrons. The molecule has 9 heteroatoms. The highest BCUT2D eigenvalue weighted by Gasteiger charge is 2.31. The van der Waals surface area contributed by atoms with Gasteiger partial charge in [0.2, 0.25) is 5.82 Å². The minimum absolute atomic E-state index is 0. The van der Waals surface area contributed by atoms with Crippen molar-refractivity contribution in [2.75, 3.05) is 13.2 Å². The zero-order chi connectivity index (χ0) is 26.8. The molecule has 0 saturated carbocycles. The maximum atomic E-state index is 12.7. The van der Waals surface area contributed by atoms with E-state index in [9.17, 15) is 4.79 Å². The molecule has 4 aromatic carbocycles. The summed E-state index contributed by atoms with van der Waals surface area (Å²) in [6, 6.07) is 29.2. The Labute approximate surface area is 237 Å². The summed E-state index contributed by atoms with van der Waals surface area (Å²) in [6.07, 6.45) is 1.83. The Balaban J connectivity index is 0.00000323. The maximum absolute atomic E-state index is 12.7. The van der Waals surface area contributed by atoms with E-state index in [1.165, 1.54) is 0 Å². The normalized spacial score (nSPS) is 14.6. The van der Waals surface area contributed by atoms with Gasteiger partial charge in [0, 0.05) is 11.1 Å². The second-order valence-electron chi connectivity index (χ2n) is 9.61. The predicted molar refractivity (Wildman–Crippen MR) is 149 cm³/mol. The van der Waals surface area contributed by atoms with Gasteiger partial charge in [-0.05, 0) is 52.9 Å². The van der Waals surface area contributed by atoms with Crippen LogP contribution in [0.5, 0.6) is 5.75 Å². The van der Waals surface area contributed by atoms with Crippen LogP contribution in [0.4, 0.5) is 0 Å². The third-order valence-corrected chi connectivity index (χ3v) is 7.07. The molecule has 1 aliphatic heterocycles. The molecule has 0 amide bonds. The van der Waals surface area contributed by atoms with Crippen molar-refractivity contribution >= 4 is 22.5 Å². The number of aromatic nitrogens is 2. The van der Waals surface area contributed by atoms with Crippen molar-refractivity contribution < 1.29 is 31.0 Å². The Kier molecular flexibility index (Phi) is 7.79. The molecule has 1 aliphatic rings. The Bertz CT molecular complexity index is 1680. The number of ether oxygens (including phenoxy) is 1. The lowest BCUT2D eigenvalue weighted by molar-refractivity contribution is -0.555. The number of benzene rings is 4. The molecule has 5 aromatic rings. The Morgan fingerprint density at radius 1 is 0.900 bits per heavy atom. The second-order valence-corrected chi connectivity index (χ2v) is 9.61. The van der Waals surface area contributed by atoms with Gasteiger partial charge in [-0.3, -0.25) is 20.8 Å². The van der Waals surface area contributed by atoms with Crippen LogP contribution in [0.25, 0.3) is 33.3 Å². The quantitative estimate of drug-likeness (QED) is 0.179. The molecule has 1 aromatic heterocycles. The zero-order valence-corrected chi connectivity index (χ0v) is 22.4. The van der Waals surface area contributed by atoms with Crippen molar-refractivity contribution in [1.29, 1.82) is 0 Å². The third kappa shape index (κ3) is 5.53. The molecular formula is C31H28ClN5O3. The minimum Gasteiger partial charge on any atom is -1.00 e. The summed E-state index contributed by atoms with van der Waals surface area (Å²) in [7, 11) is 0. The number of halogens is 1. The summed E-state index contributed by atoms with van der Waals surface area (Å²) in [5.41, 5.74) is 15.3. The first kappa shape index (κ1) is 26.9. The first-order valence-corrected chi connectivity index (χ1v) is 12.9. The van der Waals surface area contributed by atoms with Crippen molar-refractivity contribution in [3.63, 3.8) is 0 Å². The SMILES string of the molecule is NC(N)=[N+]1CCC[C@H]1c1nc(-c2ccc3cc(OCC(=O)c4ccc(-c5ccccc5)cc4)ccc3c2)no1.[Cl-]. The van der Waals surface area contributed by atoms with Crippen molar-refractivity contribution in [3.05, 3.63) is 102 Å². The molecule has 1 fully saturated rings. The zero-order valence-electron chi connectivity index (χ0n) is 21.7. The molecule has 0 unspecified atom stereocenters. The maximum Gasteiger partial charge on any atom is 0.341 e. The van der Waals surface area contributed by atoms with Crippen LogP contribution in [0, 0.1) is 0 Å². The van der Waals surface area contributed by atoms with Crippen molar-refractivity contribution in [1.82, 2.24) is 10.1 Å². The fraction of sp³-hybridized carbons (Fsp3) is 0.161. The number of nitrogens with two attached hydrogens (primary N) is 2. The second kappa shape index (κ2) is 11.6.